The summed E-state index contributed by atoms with van der Waals surface area (Å²) in [4.78, 5) is 33.6. The van der Waals surface area contributed by atoms with Crippen LogP contribution in [0.25, 0.3) is 0 Å². The second-order valence-electron chi connectivity index (χ2n) is 11.2. The predicted octanol–water partition coefficient (Wildman–Crippen LogP) is 3.02. The fourth-order valence-electron chi connectivity index (χ4n) is 6.17. The minimum Gasteiger partial charge on any atom is -0.396 e. The summed E-state index contributed by atoms with van der Waals surface area (Å²) in [6, 6.07) is 5.47. The standard InChI is InChI=1S/C27H37FN4O4S/c1-26-9-8-21(34)27(2,15-33)20(26)14-19-23(18(26)13-22(35)29-10-11-32(3)4)30-25(37-19)31-24(36)16-6-5-7-17(28)12-16/h5-7,12,18,20-21,33-34H,8-11,13-15H2,1-4H3,(H,29,35)(H,30,31,36)/t18-,20+,21-,26+,27+/m1/s1. The number of hydrogen-bond acceptors (Lipinski definition) is 7. The zero-order valence-corrected chi connectivity index (χ0v) is 22.7. The van der Waals surface area contributed by atoms with Gasteiger partial charge in [-0.3, -0.25) is 14.9 Å². The molecule has 0 bridgehead atoms. The van der Waals surface area contributed by atoms with E-state index in [1.54, 1.807) is 0 Å². The Morgan fingerprint density at radius 2 is 2.05 bits per heavy atom. The zero-order valence-electron chi connectivity index (χ0n) is 21.9. The second-order valence-corrected chi connectivity index (χ2v) is 12.3. The fraction of sp³-hybridized carbons (Fsp3) is 0.593. The number of carbonyl (C=O) groups is 2. The molecule has 1 aromatic heterocycles. The quantitative estimate of drug-likeness (QED) is 0.416. The highest BCUT2D eigenvalue weighted by molar-refractivity contribution is 7.15. The Balaban J connectivity index is 1.66. The molecule has 0 saturated heterocycles. The molecular weight excluding hydrogens is 495 g/mol. The van der Waals surface area contributed by atoms with Crippen LogP contribution in [-0.4, -0.2) is 71.8 Å². The van der Waals surface area contributed by atoms with Crippen LogP contribution < -0.4 is 10.6 Å². The Labute approximate surface area is 221 Å². The summed E-state index contributed by atoms with van der Waals surface area (Å²) in [7, 11) is 3.90. The number of benzene rings is 1. The Morgan fingerprint density at radius 1 is 1.30 bits per heavy atom. The summed E-state index contributed by atoms with van der Waals surface area (Å²) < 4.78 is 13.6. The number of anilines is 1. The first kappa shape index (κ1) is 27.6. The van der Waals surface area contributed by atoms with Gasteiger partial charge in [-0.05, 0) is 62.9 Å². The van der Waals surface area contributed by atoms with Crippen molar-refractivity contribution in [3.8, 4) is 0 Å². The average molecular weight is 533 g/mol. The normalized spacial score (nSPS) is 28.9. The number of aliphatic hydroxyl groups excluding tert-OH is 2. The predicted molar refractivity (Wildman–Crippen MR) is 141 cm³/mol. The molecule has 4 N–H and O–H groups in total. The number of fused-ring (bicyclic) bond motifs is 2. The van der Waals surface area contributed by atoms with Crippen LogP contribution in [0.2, 0.25) is 0 Å². The number of likely N-dealkylation sites (N-methyl/N-ethyl adjacent to an activating group) is 1. The van der Waals surface area contributed by atoms with Crippen molar-refractivity contribution in [2.24, 2.45) is 16.7 Å². The molecule has 1 aromatic carbocycles. The van der Waals surface area contributed by atoms with Gasteiger partial charge in [-0.25, -0.2) is 9.37 Å². The SMILES string of the molecule is CN(C)CCNC(=O)C[C@@H]1c2nc(NC(=O)c3cccc(F)c3)sc2C[C@@H]2[C@](C)(CO)[C@H](O)CC[C@]21C. The molecule has 2 aliphatic carbocycles. The second kappa shape index (κ2) is 10.8. The largest absolute Gasteiger partial charge is 0.396 e. The summed E-state index contributed by atoms with van der Waals surface area (Å²) in [5.41, 5.74) is -0.112. The van der Waals surface area contributed by atoms with Crippen molar-refractivity contribution in [3.63, 3.8) is 0 Å². The van der Waals surface area contributed by atoms with E-state index in [4.69, 9.17) is 4.98 Å². The van der Waals surface area contributed by atoms with Crippen LogP contribution >= 0.6 is 11.3 Å². The van der Waals surface area contributed by atoms with Gasteiger partial charge in [0.05, 0.1) is 18.4 Å². The van der Waals surface area contributed by atoms with Gasteiger partial charge in [-0.2, -0.15) is 0 Å². The summed E-state index contributed by atoms with van der Waals surface area (Å²) in [5, 5.41) is 27.5. The minimum absolute atomic E-state index is 0.0742. The maximum absolute atomic E-state index is 13.6. The smallest absolute Gasteiger partial charge is 0.257 e. The number of carbonyl (C=O) groups excluding carboxylic acids is 2. The van der Waals surface area contributed by atoms with Gasteiger partial charge in [0.1, 0.15) is 5.82 Å². The number of nitrogens with one attached hydrogen (secondary N) is 2. The van der Waals surface area contributed by atoms with Gasteiger partial charge >= 0.3 is 0 Å². The van der Waals surface area contributed by atoms with E-state index < -0.39 is 23.2 Å². The van der Waals surface area contributed by atoms with Crippen LogP contribution in [0.4, 0.5) is 9.52 Å². The maximum atomic E-state index is 13.6. The topological polar surface area (TPSA) is 115 Å². The number of aliphatic hydroxyl groups is 2. The zero-order chi connectivity index (χ0) is 27.0. The van der Waals surface area contributed by atoms with Crippen LogP contribution in [-0.2, 0) is 11.2 Å². The highest BCUT2D eigenvalue weighted by Crippen LogP contribution is 2.62. The molecule has 0 radical (unpaired) electrons. The lowest BCUT2D eigenvalue weighted by molar-refractivity contribution is -0.144. The first-order valence-corrected chi connectivity index (χ1v) is 13.6. The van der Waals surface area contributed by atoms with Crippen LogP contribution in [0.5, 0.6) is 0 Å². The van der Waals surface area contributed by atoms with Crippen molar-refractivity contribution >= 4 is 28.3 Å². The summed E-state index contributed by atoms with van der Waals surface area (Å²) in [6.07, 6.45) is 1.40. The molecule has 1 heterocycles. The molecule has 2 amide bonds. The third-order valence-corrected chi connectivity index (χ3v) is 9.48. The molecule has 4 rings (SSSR count). The van der Waals surface area contributed by atoms with Crippen molar-refractivity contribution in [1.82, 2.24) is 15.2 Å². The Bertz CT molecular complexity index is 1160. The van der Waals surface area contributed by atoms with Gasteiger partial charge in [-0.1, -0.05) is 19.9 Å². The lowest BCUT2D eigenvalue weighted by Gasteiger charge is -2.58. The van der Waals surface area contributed by atoms with E-state index in [0.717, 1.165) is 17.1 Å². The average Bonchev–Trinajstić information content (AvgIpc) is 3.24. The van der Waals surface area contributed by atoms with Crippen molar-refractivity contribution in [3.05, 3.63) is 46.2 Å². The number of rotatable bonds is 8. The molecule has 2 aliphatic rings. The first-order valence-electron chi connectivity index (χ1n) is 12.7. The number of thiazole rings is 1. The molecule has 37 heavy (non-hydrogen) atoms. The van der Waals surface area contributed by atoms with Crippen LogP contribution in [0.15, 0.2) is 24.3 Å². The molecule has 5 atom stereocenters. The van der Waals surface area contributed by atoms with Gasteiger partial charge in [-0.15, -0.1) is 11.3 Å². The summed E-state index contributed by atoms with van der Waals surface area (Å²) >= 11 is 1.34. The van der Waals surface area contributed by atoms with E-state index in [-0.39, 0.29) is 41.7 Å². The number of aromatic nitrogens is 1. The summed E-state index contributed by atoms with van der Waals surface area (Å²) in [6.45, 7) is 5.16. The van der Waals surface area contributed by atoms with Crippen molar-refractivity contribution < 1.29 is 24.2 Å². The molecule has 1 fully saturated rings. The molecule has 0 spiro atoms. The molecule has 10 heteroatoms. The first-order chi connectivity index (χ1) is 17.5. The van der Waals surface area contributed by atoms with E-state index in [1.807, 2.05) is 25.9 Å². The van der Waals surface area contributed by atoms with E-state index in [2.05, 4.69) is 17.6 Å². The fourth-order valence-corrected chi connectivity index (χ4v) is 7.24. The van der Waals surface area contributed by atoms with Gasteiger partial charge in [0.15, 0.2) is 5.13 Å². The number of halogens is 1. The minimum atomic E-state index is -0.723. The van der Waals surface area contributed by atoms with E-state index in [9.17, 15) is 24.2 Å². The van der Waals surface area contributed by atoms with Crippen molar-refractivity contribution in [2.75, 3.05) is 39.1 Å². The van der Waals surface area contributed by atoms with Crippen LogP contribution in [0.3, 0.4) is 0 Å². The highest BCUT2D eigenvalue weighted by Gasteiger charge is 2.59. The van der Waals surface area contributed by atoms with E-state index in [1.165, 1.54) is 35.6 Å². The van der Waals surface area contributed by atoms with Gasteiger partial charge in [0.25, 0.3) is 5.91 Å². The lowest BCUT2D eigenvalue weighted by Crippen LogP contribution is -2.57. The van der Waals surface area contributed by atoms with Crippen LogP contribution in [0.1, 0.15) is 60.0 Å². The molecule has 1 saturated carbocycles. The van der Waals surface area contributed by atoms with Crippen molar-refractivity contribution in [1.29, 1.82) is 0 Å². The molecule has 2 aromatic rings. The monoisotopic (exact) mass is 532 g/mol. The highest BCUT2D eigenvalue weighted by atomic mass is 32.1. The van der Waals surface area contributed by atoms with Gasteiger partial charge in [0, 0.05) is 41.3 Å². The van der Waals surface area contributed by atoms with E-state index >= 15 is 0 Å². The lowest BCUT2D eigenvalue weighted by atomic mass is 9.47. The Morgan fingerprint density at radius 3 is 2.73 bits per heavy atom. The third-order valence-electron chi connectivity index (χ3n) is 8.47. The Hall–Kier alpha value is -2.40. The number of nitrogens with zero attached hydrogens (tertiary/aromatic N) is 2. The van der Waals surface area contributed by atoms with E-state index in [0.29, 0.717) is 30.9 Å². The molecule has 202 valence electrons. The number of hydrogen-bond donors (Lipinski definition) is 4. The van der Waals surface area contributed by atoms with Gasteiger partial charge < -0.3 is 20.4 Å². The molecule has 0 aliphatic heterocycles. The molecule has 8 nitrogen and oxygen atoms in total. The van der Waals surface area contributed by atoms with Gasteiger partial charge in [0.2, 0.25) is 5.91 Å². The molecular formula is C27H37FN4O4S. The Kier molecular flexibility index (Phi) is 8.04. The number of amides is 2. The third kappa shape index (κ3) is 5.43. The summed E-state index contributed by atoms with van der Waals surface area (Å²) in [5.74, 6) is -1.34. The maximum Gasteiger partial charge on any atom is 0.257 e. The molecule has 0 unspecified atom stereocenters. The van der Waals surface area contributed by atoms with Crippen LogP contribution in [0, 0.1) is 22.6 Å². The van der Waals surface area contributed by atoms with Crippen molar-refractivity contribution in [2.45, 2.75) is 51.6 Å².